The van der Waals surface area contributed by atoms with Crippen LogP contribution in [-0.2, 0) is 4.79 Å². The number of hydrogen-bond acceptors (Lipinski definition) is 2. The van der Waals surface area contributed by atoms with Gasteiger partial charge in [-0.1, -0.05) is 27.7 Å². The summed E-state index contributed by atoms with van der Waals surface area (Å²) in [7, 11) is 0. The zero-order valence-electron chi connectivity index (χ0n) is 7.39. The van der Waals surface area contributed by atoms with E-state index in [-0.39, 0.29) is 24.8 Å². The van der Waals surface area contributed by atoms with Gasteiger partial charge in [0.05, 0.1) is 0 Å². The van der Waals surface area contributed by atoms with Crippen LogP contribution in [0.3, 0.4) is 0 Å². The molecule has 0 heterocycles. The van der Waals surface area contributed by atoms with Crippen LogP contribution in [0, 0.1) is 11.3 Å². The maximum atomic E-state index is 10.4. The zero-order valence-corrected chi connectivity index (χ0v) is 7.39. The van der Waals surface area contributed by atoms with Crippen molar-refractivity contribution in [3.8, 4) is 0 Å². The smallest absolute Gasteiger partial charge is 0.550 e. The normalized spacial score (nSPS) is 10.9. The predicted octanol–water partition coefficient (Wildman–Crippen LogP) is -2.58. The third-order valence-electron chi connectivity index (χ3n) is 1.97. The molecule has 0 unspecified atom stereocenters. The van der Waals surface area contributed by atoms with Crippen molar-refractivity contribution in [2.45, 2.75) is 27.7 Å². The fourth-order valence-corrected chi connectivity index (χ4v) is 0.236. The first kappa shape index (κ1) is 12.7. The average Bonchev–Trinajstić information content (AvgIpc) is 1.65. The van der Waals surface area contributed by atoms with E-state index >= 15 is 0 Å². The minimum absolute atomic E-state index is 0. The van der Waals surface area contributed by atoms with E-state index in [4.69, 9.17) is 0 Å². The molecule has 0 saturated carbocycles. The predicted molar refractivity (Wildman–Crippen MR) is 33.6 cm³/mol. The summed E-state index contributed by atoms with van der Waals surface area (Å²) in [6.45, 7) is 7.09. The molecular formula is C7H13LiO2. The first-order valence-corrected chi connectivity index (χ1v) is 3.10. The van der Waals surface area contributed by atoms with Gasteiger partial charge in [-0.2, -0.15) is 0 Å². The van der Waals surface area contributed by atoms with Crippen LogP contribution in [0.1, 0.15) is 27.7 Å². The Labute approximate surface area is 74.2 Å². The van der Waals surface area contributed by atoms with Crippen LogP contribution in [0.25, 0.3) is 0 Å². The molecule has 0 bridgehead atoms. The van der Waals surface area contributed by atoms with Gasteiger partial charge in [-0.3, -0.25) is 0 Å². The molecule has 0 aromatic rings. The minimum atomic E-state index is -0.975. The number of carboxylic acid groups (broad SMARTS) is 1. The minimum Gasteiger partial charge on any atom is -0.550 e. The largest absolute Gasteiger partial charge is 1.00 e. The summed E-state index contributed by atoms with van der Waals surface area (Å²) in [5.74, 6) is -0.847. The molecule has 2 nitrogen and oxygen atoms in total. The van der Waals surface area contributed by atoms with Crippen LogP contribution in [-0.4, -0.2) is 5.97 Å². The maximum Gasteiger partial charge on any atom is 1.00 e. The maximum absolute atomic E-state index is 10.4. The summed E-state index contributed by atoms with van der Waals surface area (Å²) >= 11 is 0. The van der Waals surface area contributed by atoms with E-state index in [0.29, 0.717) is 0 Å². The number of carbonyl (C=O) groups is 1. The molecule has 0 saturated heterocycles. The molecule has 0 aliphatic rings. The van der Waals surface area contributed by atoms with E-state index in [0.717, 1.165) is 0 Å². The van der Waals surface area contributed by atoms with E-state index in [9.17, 15) is 9.90 Å². The second-order valence-electron chi connectivity index (χ2n) is 3.16. The third kappa shape index (κ3) is 2.77. The number of carboxylic acids is 1. The van der Waals surface area contributed by atoms with Crippen molar-refractivity contribution in [1.82, 2.24) is 0 Å². The number of rotatable bonds is 2. The van der Waals surface area contributed by atoms with Crippen LogP contribution < -0.4 is 24.0 Å². The summed E-state index contributed by atoms with van der Waals surface area (Å²) in [5, 5.41) is 10.4. The van der Waals surface area contributed by atoms with Crippen molar-refractivity contribution in [1.29, 1.82) is 0 Å². The summed E-state index contributed by atoms with van der Waals surface area (Å²) in [6, 6.07) is 0. The monoisotopic (exact) mass is 136 g/mol. The van der Waals surface area contributed by atoms with Crippen molar-refractivity contribution >= 4 is 5.97 Å². The van der Waals surface area contributed by atoms with Crippen molar-refractivity contribution in [3.05, 3.63) is 0 Å². The molecule has 0 aliphatic carbocycles. The summed E-state index contributed by atoms with van der Waals surface area (Å²) in [6.07, 6.45) is 0. The van der Waals surface area contributed by atoms with Gasteiger partial charge in [0, 0.05) is 11.4 Å². The van der Waals surface area contributed by atoms with Crippen molar-refractivity contribution in [2.75, 3.05) is 0 Å². The Hall–Kier alpha value is 0.0674. The fourth-order valence-electron chi connectivity index (χ4n) is 0.236. The van der Waals surface area contributed by atoms with Gasteiger partial charge in [-0.05, 0) is 5.92 Å². The molecule has 0 fully saturated rings. The molecule has 54 valence electrons. The van der Waals surface area contributed by atoms with Gasteiger partial charge in [0.25, 0.3) is 0 Å². The van der Waals surface area contributed by atoms with Crippen molar-refractivity contribution < 1.29 is 28.8 Å². The molecule has 0 aliphatic heterocycles. The molecule has 0 radical (unpaired) electrons. The molecule has 0 amide bonds. The molecule has 0 aromatic heterocycles. The number of hydrogen-bond donors (Lipinski definition) is 0. The molecule has 0 aromatic carbocycles. The first-order chi connectivity index (χ1) is 3.89. The van der Waals surface area contributed by atoms with Crippen LogP contribution >= 0.6 is 0 Å². The van der Waals surface area contributed by atoms with Crippen LogP contribution in [0.4, 0.5) is 0 Å². The Kier molecular flexibility index (Phi) is 5.15. The van der Waals surface area contributed by atoms with Crippen LogP contribution in [0.15, 0.2) is 0 Å². The summed E-state index contributed by atoms with van der Waals surface area (Å²) < 4.78 is 0. The van der Waals surface area contributed by atoms with Gasteiger partial charge in [0.2, 0.25) is 0 Å². The standard InChI is InChI=1S/C7H14O2.Li/c1-5(2)7(3,4)6(8)9;/h5H,1-4H3,(H,8,9);/q;+1/p-1. The molecule has 0 rings (SSSR count). The molecule has 0 atom stereocenters. The first-order valence-electron chi connectivity index (χ1n) is 3.10. The Bertz CT molecular complexity index is 119. The van der Waals surface area contributed by atoms with Crippen molar-refractivity contribution in [3.63, 3.8) is 0 Å². The van der Waals surface area contributed by atoms with Crippen LogP contribution in [0.5, 0.6) is 0 Å². The van der Waals surface area contributed by atoms with E-state index < -0.39 is 11.4 Å². The van der Waals surface area contributed by atoms with E-state index in [1.54, 1.807) is 13.8 Å². The fraction of sp³-hybridized carbons (Fsp3) is 0.857. The van der Waals surface area contributed by atoms with Gasteiger partial charge >= 0.3 is 18.9 Å². The van der Waals surface area contributed by atoms with Crippen LogP contribution in [0.2, 0.25) is 0 Å². The Balaban J connectivity index is 0. The second kappa shape index (κ2) is 4.05. The molecule has 0 spiro atoms. The van der Waals surface area contributed by atoms with Gasteiger partial charge in [0.15, 0.2) is 0 Å². The number of carbonyl (C=O) groups excluding carboxylic acids is 1. The molecule has 10 heavy (non-hydrogen) atoms. The van der Waals surface area contributed by atoms with Gasteiger partial charge in [-0.25, -0.2) is 0 Å². The van der Waals surface area contributed by atoms with E-state index in [2.05, 4.69) is 0 Å². The molecular weight excluding hydrogens is 123 g/mol. The molecule has 3 heteroatoms. The van der Waals surface area contributed by atoms with Gasteiger partial charge < -0.3 is 9.90 Å². The van der Waals surface area contributed by atoms with Gasteiger partial charge in [0.1, 0.15) is 0 Å². The summed E-state index contributed by atoms with van der Waals surface area (Å²) in [5.41, 5.74) is -0.694. The third-order valence-corrected chi connectivity index (χ3v) is 1.97. The number of aliphatic carboxylic acids is 1. The van der Waals surface area contributed by atoms with E-state index in [1.165, 1.54) is 0 Å². The topological polar surface area (TPSA) is 40.1 Å². The SMILES string of the molecule is CC(C)C(C)(C)C(=O)[O-].[Li+]. The second-order valence-corrected chi connectivity index (χ2v) is 3.16. The average molecular weight is 136 g/mol. The Morgan fingerprint density at radius 1 is 1.40 bits per heavy atom. The quantitative estimate of drug-likeness (QED) is 0.391. The zero-order chi connectivity index (χ0) is 7.65. The van der Waals surface area contributed by atoms with E-state index in [1.807, 2.05) is 13.8 Å². The summed E-state index contributed by atoms with van der Waals surface area (Å²) in [4.78, 5) is 10.4. The molecule has 0 N–H and O–H groups in total. The Morgan fingerprint density at radius 2 is 1.70 bits per heavy atom. The van der Waals surface area contributed by atoms with Crippen molar-refractivity contribution in [2.24, 2.45) is 11.3 Å². The van der Waals surface area contributed by atoms with Gasteiger partial charge in [-0.15, -0.1) is 0 Å². The Morgan fingerprint density at radius 3 is 1.70 bits per heavy atom.